The van der Waals surface area contributed by atoms with E-state index in [0.717, 1.165) is 12.8 Å². The molecule has 1 aliphatic rings. The van der Waals surface area contributed by atoms with Gasteiger partial charge in [-0.3, -0.25) is 9.69 Å². The van der Waals surface area contributed by atoms with E-state index in [-0.39, 0.29) is 37.6 Å². The number of aliphatic hydroxyl groups excluding tert-OH is 1. The number of β-amino-alcohol motifs (C(OH)–C–C–N with tert-alkyl or cyclic N) is 1. The molecule has 1 fully saturated rings. The van der Waals surface area contributed by atoms with Crippen LogP contribution < -0.4 is 0 Å². The molecular weight excluding hydrogens is 298 g/mol. The zero-order chi connectivity index (χ0) is 15.9. The first-order valence-electron chi connectivity index (χ1n) is 7.26. The van der Waals surface area contributed by atoms with Gasteiger partial charge in [0, 0.05) is 25.7 Å². The van der Waals surface area contributed by atoms with Crippen LogP contribution in [-0.4, -0.2) is 79.5 Å². The summed E-state index contributed by atoms with van der Waals surface area (Å²) < 4.78 is 28.5. The van der Waals surface area contributed by atoms with Crippen LogP contribution in [0.15, 0.2) is 0 Å². The Hall–Kier alpha value is -0.700. The Morgan fingerprint density at radius 1 is 1.48 bits per heavy atom. The molecule has 1 rings (SSSR count). The second-order valence-corrected chi connectivity index (χ2v) is 7.67. The summed E-state index contributed by atoms with van der Waals surface area (Å²) in [5.41, 5.74) is 0. The molecule has 0 aromatic rings. The minimum absolute atomic E-state index is 0.00648. The third-order valence-corrected chi connectivity index (χ3v) is 5.16. The molecule has 2 unspecified atom stereocenters. The third kappa shape index (κ3) is 7.21. The molecule has 1 heterocycles. The Balaban J connectivity index is 2.48. The van der Waals surface area contributed by atoms with E-state index >= 15 is 0 Å². The quantitative estimate of drug-likeness (QED) is 0.563. The van der Waals surface area contributed by atoms with Crippen LogP contribution in [0.4, 0.5) is 0 Å². The second-order valence-electron chi connectivity index (χ2n) is 5.44. The fourth-order valence-corrected chi connectivity index (χ4v) is 3.93. The lowest BCUT2D eigenvalue weighted by Gasteiger charge is -2.35. The van der Waals surface area contributed by atoms with E-state index in [1.54, 1.807) is 4.90 Å². The molecule has 0 bridgehead atoms. The summed E-state index contributed by atoms with van der Waals surface area (Å²) in [5.74, 6) is -1.19. The average molecular weight is 323 g/mol. The summed E-state index contributed by atoms with van der Waals surface area (Å²) in [6, 6.07) is -0.577. The Kier molecular flexibility index (Phi) is 7.58. The van der Waals surface area contributed by atoms with Gasteiger partial charge < -0.3 is 14.9 Å². The summed E-state index contributed by atoms with van der Waals surface area (Å²) >= 11 is 0. The van der Waals surface area contributed by atoms with Gasteiger partial charge in [-0.15, -0.1) is 0 Å². The Morgan fingerprint density at radius 3 is 2.81 bits per heavy atom. The van der Waals surface area contributed by atoms with Crippen molar-refractivity contribution in [2.45, 2.75) is 38.3 Å². The molecule has 124 valence electrons. The first kappa shape index (κ1) is 18.3. The van der Waals surface area contributed by atoms with Gasteiger partial charge in [0.25, 0.3) is 0 Å². The molecule has 1 aliphatic heterocycles. The number of sulfone groups is 1. The van der Waals surface area contributed by atoms with Crippen molar-refractivity contribution in [3.63, 3.8) is 0 Å². The standard InChI is InChI=1S/C13H25NO6S/c1-2-3-5-20-9-12(15)8-14-4-6-21(18,19)10-11(14)7-13(16)17/h11-12,15H,2-10H2,1H3,(H,16,17). The summed E-state index contributed by atoms with van der Waals surface area (Å²) in [5, 5.41) is 18.8. The van der Waals surface area contributed by atoms with Gasteiger partial charge in [-0.05, 0) is 6.42 Å². The van der Waals surface area contributed by atoms with E-state index in [9.17, 15) is 18.3 Å². The molecule has 0 aromatic carbocycles. The number of carboxylic acid groups (broad SMARTS) is 1. The highest BCUT2D eigenvalue weighted by Crippen LogP contribution is 2.15. The van der Waals surface area contributed by atoms with Crippen molar-refractivity contribution in [1.82, 2.24) is 4.90 Å². The zero-order valence-electron chi connectivity index (χ0n) is 12.4. The van der Waals surface area contributed by atoms with Crippen LogP contribution in [0.2, 0.25) is 0 Å². The Morgan fingerprint density at radius 2 is 2.19 bits per heavy atom. The highest BCUT2D eigenvalue weighted by Gasteiger charge is 2.33. The molecule has 0 radical (unpaired) electrons. The first-order chi connectivity index (χ1) is 9.84. The molecular formula is C13H25NO6S. The van der Waals surface area contributed by atoms with Crippen molar-refractivity contribution in [3.8, 4) is 0 Å². The molecule has 2 atom stereocenters. The normalized spacial score (nSPS) is 23.8. The van der Waals surface area contributed by atoms with E-state index < -0.39 is 28.0 Å². The molecule has 1 saturated heterocycles. The summed E-state index contributed by atoms with van der Waals surface area (Å²) in [4.78, 5) is 12.6. The molecule has 2 N–H and O–H groups in total. The predicted molar refractivity (Wildman–Crippen MR) is 78.0 cm³/mol. The van der Waals surface area contributed by atoms with E-state index in [1.165, 1.54) is 0 Å². The number of carboxylic acids is 1. The molecule has 0 aliphatic carbocycles. The number of unbranched alkanes of at least 4 members (excludes halogenated alkanes) is 1. The molecule has 0 spiro atoms. The van der Waals surface area contributed by atoms with Crippen LogP contribution in [-0.2, 0) is 19.4 Å². The number of ether oxygens (including phenoxy) is 1. The molecule has 8 heteroatoms. The fraction of sp³-hybridized carbons (Fsp3) is 0.923. The third-order valence-electron chi connectivity index (χ3n) is 3.46. The molecule has 0 amide bonds. The second kappa shape index (κ2) is 8.67. The maximum Gasteiger partial charge on any atom is 0.304 e. The molecule has 0 aromatic heterocycles. The van der Waals surface area contributed by atoms with Crippen molar-refractivity contribution >= 4 is 15.8 Å². The molecule has 7 nitrogen and oxygen atoms in total. The lowest BCUT2D eigenvalue weighted by Crippen LogP contribution is -2.52. The SMILES string of the molecule is CCCCOCC(O)CN1CCS(=O)(=O)CC1CC(=O)O. The summed E-state index contributed by atoms with van der Waals surface area (Å²) in [6.07, 6.45) is 0.971. The van der Waals surface area contributed by atoms with Crippen LogP contribution in [0, 0.1) is 0 Å². The topological polar surface area (TPSA) is 104 Å². The zero-order valence-corrected chi connectivity index (χ0v) is 13.2. The van der Waals surface area contributed by atoms with Crippen LogP contribution in [0.5, 0.6) is 0 Å². The number of nitrogens with zero attached hydrogens (tertiary/aromatic N) is 1. The van der Waals surface area contributed by atoms with Gasteiger partial charge in [-0.25, -0.2) is 8.42 Å². The van der Waals surface area contributed by atoms with Gasteiger partial charge in [0.05, 0.1) is 30.6 Å². The Labute approximate surface area is 125 Å². The van der Waals surface area contributed by atoms with E-state index in [0.29, 0.717) is 6.61 Å². The van der Waals surface area contributed by atoms with Gasteiger partial charge in [-0.2, -0.15) is 0 Å². The number of hydrogen-bond donors (Lipinski definition) is 2. The van der Waals surface area contributed by atoms with Crippen molar-refractivity contribution in [2.24, 2.45) is 0 Å². The largest absolute Gasteiger partial charge is 0.481 e. The number of hydrogen-bond acceptors (Lipinski definition) is 6. The monoisotopic (exact) mass is 323 g/mol. The minimum atomic E-state index is -3.19. The molecule has 0 saturated carbocycles. The van der Waals surface area contributed by atoms with E-state index in [2.05, 4.69) is 0 Å². The highest BCUT2D eigenvalue weighted by molar-refractivity contribution is 7.91. The van der Waals surface area contributed by atoms with E-state index in [1.807, 2.05) is 6.92 Å². The first-order valence-corrected chi connectivity index (χ1v) is 9.08. The minimum Gasteiger partial charge on any atom is -0.481 e. The van der Waals surface area contributed by atoms with Crippen molar-refractivity contribution in [2.75, 3.05) is 37.8 Å². The number of rotatable bonds is 9. The summed E-state index contributed by atoms with van der Waals surface area (Å²) in [7, 11) is -3.19. The highest BCUT2D eigenvalue weighted by atomic mass is 32.2. The van der Waals surface area contributed by atoms with Crippen LogP contribution in [0.1, 0.15) is 26.2 Å². The Bertz CT molecular complexity index is 424. The molecule has 21 heavy (non-hydrogen) atoms. The van der Waals surface area contributed by atoms with Gasteiger partial charge in [0.1, 0.15) is 0 Å². The number of aliphatic carboxylic acids is 1. The number of aliphatic hydroxyl groups is 1. The van der Waals surface area contributed by atoms with Gasteiger partial charge in [-0.1, -0.05) is 13.3 Å². The lowest BCUT2D eigenvalue weighted by molar-refractivity contribution is -0.138. The van der Waals surface area contributed by atoms with Gasteiger partial charge in [0.15, 0.2) is 9.84 Å². The maximum absolute atomic E-state index is 11.6. The summed E-state index contributed by atoms with van der Waals surface area (Å²) in [6.45, 7) is 3.31. The number of carbonyl (C=O) groups is 1. The van der Waals surface area contributed by atoms with E-state index in [4.69, 9.17) is 9.84 Å². The average Bonchev–Trinajstić information content (AvgIpc) is 2.37. The maximum atomic E-state index is 11.6. The van der Waals surface area contributed by atoms with Crippen molar-refractivity contribution < 1.29 is 28.2 Å². The van der Waals surface area contributed by atoms with Gasteiger partial charge >= 0.3 is 5.97 Å². The van der Waals surface area contributed by atoms with Crippen LogP contribution in [0.3, 0.4) is 0 Å². The van der Waals surface area contributed by atoms with Crippen LogP contribution >= 0.6 is 0 Å². The fourth-order valence-electron chi connectivity index (χ4n) is 2.34. The van der Waals surface area contributed by atoms with Gasteiger partial charge in [0.2, 0.25) is 0 Å². The van der Waals surface area contributed by atoms with Crippen LogP contribution in [0.25, 0.3) is 0 Å². The predicted octanol–water partition coefficient (Wildman–Crippen LogP) is -0.262. The van der Waals surface area contributed by atoms with Crippen molar-refractivity contribution in [1.29, 1.82) is 0 Å². The smallest absolute Gasteiger partial charge is 0.304 e. The van der Waals surface area contributed by atoms with Crippen molar-refractivity contribution in [3.05, 3.63) is 0 Å². The lowest BCUT2D eigenvalue weighted by atomic mass is 10.2.